The largest absolute Gasteiger partial charge is 0.478 e. The third kappa shape index (κ3) is 3.30. The lowest BCUT2D eigenvalue weighted by molar-refractivity contribution is -0.168. The van der Waals surface area contributed by atoms with E-state index in [-0.39, 0.29) is 11.4 Å². The molecule has 0 unspecified atom stereocenters. The van der Waals surface area contributed by atoms with Crippen LogP contribution in [0.2, 0.25) is 0 Å². The van der Waals surface area contributed by atoms with Gasteiger partial charge in [0.1, 0.15) is 0 Å². The van der Waals surface area contributed by atoms with Crippen LogP contribution < -0.4 is 0 Å². The molecule has 0 aliphatic heterocycles. The van der Waals surface area contributed by atoms with Gasteiger partial charge >= 0.3 is 11.9 Å². The average molecular weight is 294 g/mol. The number of ether oxygens (including phenoxy) is 1. The molecule has 0 aromatic heterocycles. The summed E-state index contributed by atoms with van der Waals surface area (Å²) in [5.41, 5.74) is 0.337. The first-order chi connectivity index (χ1) is 9.90. The van der Waals surface area contributed by atoms with Gasteiger partial charge < -0.3 is 9.84 Å². The first-order valence-electron chi connectivity index (χ1n) is 7.85. The van der Waals surface area contributed by atoms with Crippen molar-refractivity contribution in [2.24, 2.45) is 23.2 Å². The highest BCUT2D eigenvalue weighted by molar-refractivity contribution is 5.85. The third-order valence-electron chi connectivity index (χ3n) is 5.43. The van der Waals surface area contributed by atoms with Crippen LogP contribution in [-0.4, -0.2) is 24.2 Å². The van der Waals surface area contributed by atoms with Crippen molar-refractivity contribution in [3.05, 3.63) is 11.6 Å². The van der Waals surface area contributed by atoms with Gasteiger partial charge in [-0.3, -0.25) is 4.79 Å². The van der Waals surface area contributed by atoms with Crippen molar-refractivity contribution < 1.29 is 19.4 Å². The Morgan fingerprint density at radius 1 is 1.10 bits per heavy atom. The van der Waals surface area contributed by atoms with Gasteiger partial charge in [-0.1, -0.05) is 6.08 Å². The molecule has 0 aromatic carbocycles. The molecule has 4 nitrogen and oxygen atoms in total. The van der Waals surface area contributed by atoms with Gasteiger partial charge in [0, 0.05) is 5.57 Å². The van der Waals surface area contributed by atoms with Crippen LogP contribution in [0.4, 0.5) is 0 Å². The predicted molar refractivity (Wildman–Crippen MR) is 79.7 cm³/mol. The summed E-state index contributed by atoms with van der Waals surface area (Å²) in [4.78, 5) is 21.7. The second kappa shape index (κ2) is 6.20. The summed E-state index contributed by atoms with van der Waals surface area (Å²) in [5.74, 6) is 1.74. The number of esters is 1. The number of rotatable bonds is 2. The van der Waals surface area contributed by atoms with E-state index in [0.717, 1.165) is 37.0 Å². The zero-order valence-electron chi connectivity index (χ0n) is 13.2. The lowest BCUT2D eigenvalue weighted by atomic mass is 9.49. The Kier molecular flexibility index (Phi) is 4.74. The Morgan fingerprint density at radius 3 is 1.76 bits per heavy atom. The molecule has 4 aliphatic carbocycles. The van der Waals surface area contributed by atoms with Crippen molar-refractivity contribution >= 4 is 11.9 Å². The normalized spacial score (nSPS) is 36.7. The van der Waals surface area contributed by atoms with E-state index in [0.29, 0.717) is 5.57 Å². The first kappa shape index (κ1) is 16.1. The van der Waals surface area contributed by atoms with Crippen LogP contribution in [0.3, 0.4) is 0 Å². The zero-order chi connectivity index (χ0) is 15.6. The van der Waals surface area contributed by atoms with Crippen LogP contribution in [0.15, 0.2) is 11.6 Å². The summed E-state index contributed by atoms with van der Waals surface area (Å²) in [7, 11) is 1.54. The van der Waals surface area contributed by atoms with Crippen LogP contribution in [0, 0.1) is 23.2 Å². The van der Waals surface area contributed by atoms with Gasteiger partial charge in [0.25, 0.3) is 0 Å². The molecule has 118 valence electrons. The molecule has 4 rings (SSSR count). The van der Waals surface area contributed by atoms with Gasteiger partial charge in [-0.2, -0.15) is 0 Å². The molecule has 21 heavy (non-hydrogen) atoms. The Balaban J connectivity index is 0.000000199. The molecular weight excluding hydrogens is 268 g/mol. The number of allylic oxidation sites excluding steroid dienone is 1. The lowest BCUT2D eigenvalue weighted by Gasteiger charge is -2.55. The van der Waals surface area contributed by atoms with Crippen LogP contribution in [0.5, 0.6) is 0 Å². The number of hydrogen-bond acceptors (Lipinski definition) is 3. The maximum Gasteiger partial charge on any atom is 0.330 e. The molecule has 4 bridgehead atoms. The topological polar surface area (TPSA) is 63.6 Å². The second-order valence-corrected chi connectivity index (χ2v) is 6.97. The van der Waals surface area contributed by atoms with E-state index < -0.39 is 5.97 Å². The molecule has 0 heterocycles. The smallest absolute Gasteiger partial charge is 0.330 e. The highest BCUT2D eigenvalue weighted by Gasteiger charge is 2.55. The summed E-state index contributed by atoms with van der Waals surface area (Å²) in [6, 6.07) is 0. The van der Waals surface area contributed by atoms with Gasteiger partial charge in [0.05, 0.1) is 12.5 Å². The van der Waals surface area contributed by atoms with Gasteiger partial charge in [0.2, 0.25) is 0 Å². The van der Waals surface area contributed by atoms with Crippen molar-refractivity contribution in [3.8, 4) is 0 Å². The summed E-state index contributed by atoms with van der Waals surface area (Å²) >= 11 is 0. The molecule has 0 atom stereocenters. The SMILES string of the molecule is CC=C(C)C(=O)O.COC(=O)C12CC3CC(CC(C3)C1)C2. The van der Waals surface area contributed by atoms with E-state index >= 15 is 0 Å². The number of carbonyl (C=O) groups is 2. The Morgan fingerprint density at radius 2 is 1.52 bits per heavy atom. The van der Waals surface area contributed by atoms with Gasteiger partial charge in [-0.05, 0) is 70.1 Å². The number of carboxylic acid groups (broad SMARTS) is 1. The highest BCUT2D eigenvalue weighted by Crippen LogP contribution is 2.60. The van der Waals surface area contributed by atoms with E-state index in [1.807, 2.05) is 0 Å². The Hall–Kier alpha value is -1.32. The molecule has 4 heteroatoms. The molecule has 0 saturated heterocycles. The fourth-order valence-corrected chi connectivity index (χ4v) is 4.70. The Bertz CT molecular complexity index is 414. The van der Waals surface area contributed by atoms with Crippen molar-refractivity contribution in [2.75, 3.05) is 7.11 Å². The first-order valence-corrected chi connectivity index (χ1v) is 7.85. The summed E-state index contributed by atoms with van der Waals surface area (Å²) < 4.78 is 5.00. The van der Waals surface area contributed by atoms with Crippen LogP contribution in [0.25, 0.3) is 0 Å². The molecular formula is C17H26O4. The van der Waals surface area contributed by atoms with E-state index in [9.17, 15) is 9.59 Å². The van der Waals surface area contributed by atoms with E-state index in [1.54, 1.807) is 27.0 Å². The van der Waals surface area contributed by atoms with Crippen molar-refractivity contribution in [1.82, 2.24) is 0 Å². The van der Waals surface area contributed by atoms with E-state index in [2.05, 4.69) is 0 Å². The minimum atomic E-state index is -0.845. The van der Waals surface area contributed by atoms with Crippen LogP contribution in [-0.2, 0) is 14.3 Å². The molecule has 1 N–H and O–H groups in total. The number of carboxylic acids is 1. The predicted octanol–water partition coefficient (Wildman–Crippen LogP) is 3.41. The van der Waals surface area contributed by atoms with E-state index in [4.69, 9.17) is 9.84 Å². The maximum atomic E-state index is 11.8. The lowest BCUT2D eigenvalue weighted by Crippen LogP contribution is -2.50. The summed E-state index contributed by atoms with van der Waals surface area (Å²) in [6.07, 6.45) is 9.06. The quantitative estimate of drug-likeness (QED) is 0.626. The number of aliphatic carboxylic acids is 1. The minimum absolute atomic E-state index is 0.0521. The fraction of sp³-hybridized carbons (Fsp3) is 0.765. The zero-order valence-corrected chi connectivity index (χ0v) is 13.2. The van der Waals surface area contributed by atoms with Crippen molar-refractivity contribution in [2.45, 2.75) is 52.4 Å². The monoisotopic (exact) mass is 294 g/mol. The van der Waals surface area contributed by atoms with Crippen LogP contribution in [0.1, 0.15) is 52.4 Å². The van der Waals surface area contributed by atoms with Crippen molar-refractivity contribution in [3.63, 3.8) is 0 Å². The molecule has 0 amide bonds. The second-order valence-electron chi connectivity index (χ2n) is 6.97. The molecule has 0 radical (unpaired) electrons. The summed E-state index contributed by atoms with van der Waals surface area (Å²) in [6.45, 7) is 3.26. The highest BCUT2D eigenvalue weighted by atomic mass is 16.5. The molecule has 4 fully saturated rings. The molecule has 4 saturated carbocycles. The van der Waals surface area contributed by atoms with Crippen molar-refractivity contribution in [1.29, 1.82) is 0 Å². The number of carbonyl (C=O) groups excluding carboxylic acids is 1. The van der Waals surface area contributed by atoms with Gasteiger partial charge in [-0.25, -0.2) is 4.79 Å². The fourth-order valence-electron chi connectivity index (χ4n) is 4.70. The standard InChI is InChI=1S/C12H18O2.C5H8O2/c1-14-11(13)12-5-8-2-9(6-12)4-10(3-8)7-12;1-3-4(2)5(6)7/h8-10H,2-7H2,1H3;3H,1-2H3,(H,6,7). The van der Waals surface area contributed by atoms with Crippen LogP contribution >= 0.6 is 0 Å². The molecule has 0 spiro atoms. The Labute approximate surface area is 126 Å². The maximum absolute atomic E-state index is 11.8. The summed E-state index contributed by atoms with van der Waals surface area (Å²) in [5, 5.41) is 8.11. The van der Waals surface area contributed by atoms with E-state index in [1.165, 1.54) is 19.3 Å². The minimum Gasteiger partial charge on any atom is -0.478 e. The van der Waals surface area contributed by atoms with Gasteiger partial charge in [-0.15, -0.1) is 0 Å². The molecule has 4 aliphatic rings. The van der Waals surface area contributed by atoms with Gasteiger partial charge in [0.15, 0.2) is 0 Å². The number of hydrogen-bond donors (Lipinski definition) is 1. The third-order valence-corrected chi connectivity index (χ3v) is 5.43. The average Bonchev–Trinajstić information content (AvgIpc) is 2.44. The molecule has 0 aromatic rings. The number of methoxy groups -OCH3 is 1.